The van der Waals surface area contributed by atoms with Gasteiger partial charge in [-0.1, -0.05) is 121 Å². The normalized spacial score (nSPS) is 20.8. The predicted molar refractivity (Wildman–Crippen MR) is 264 cm³/mol. The first-order valence-electron chi connectivity index (χ1n) is 23.9. The topological polar surface area (TPSA) is 48.6 Å². The van der Waals surface area contributed by atoms with Gasteiger partial charge < -0.3 is 14.0 Å². The van der Waals surface area contributed by atoms with Crippen LogP contribution < -0.4 is 4.74 Å². The Labute approximate surface area is 404 Å². The van der Waals surface area contributed by atoms with E-state index in [0.717, 1.165) is 77.9 Å². The van der Waals surface area contributed by atoms with Crippen molar-refractivity contribution in [3.8, 4) is 28.3 Å². The molecule has 0 amide bonds. The Morgan fingerprint density at radius 1 is 0.769 bits per heavy atom. The van der Waals surface area contributed by atoms with Gasteiger partial charge >= 0.3 is 21.1 Å². The van der Waals surface area contributed by atoms with E-state index in [4.69, 9.17) is 19.5 Å². The summed E-state index contributed by atoms with van der Waals surface area (Å²) >= 11 is 0. The molecule has 1 aliphatic carbocycles. The molecule has 336 valence electrons. The zero-order valence-electron chi connectivity index (χ0n) is 43.0. The summed E-state index contributed by atoms with van der Waals surface area (Å²) in [6.45, 7) is 35.0. The van der Waals surface area contributed by atoms with E-state index in [9.17, 15) is 2.74 Å². The molecule has 2 aromatic heterocycles. The zero-order valence-corrected chi connectivity index (χ0v) is 43.3. The van der Waals surface area contributed by atoms with E-state index < -0.39 is 17.5 Å². The number of aromatic nitrogens is 2. The van der Waals surface area contributed by atoms with Gasteiger partial charge in [0.05, 0.1) is 11.1 Å². The zero-order chi connectivity index (χ0) is 47.6. The maximum absolute atomic E-state index is 9.58. The minimum atomic E-state index is -1.63. The number of fused-ring (bicyclic) bond motifs is 8. The quantitative estimate of drug-likeness (QED) is 0.165. The molecule has 0 fully saturated rings. The molecule has 5 aromatic carbocycles. The van der Waals surface area contributed by atoms with Gasteiger partial charge in [-0.05, 0) is 146 Å². The van der Waals surface area contributed by atoms with Crippen LogP contribution in [0.15, 0.2) is 71.9 Å². The number of rotatable bonds is 4. The van der Waals surface area contributed by atoms with Gasteiger partial charge in [0.15, 0.2) is 0 Å². The summed E-state index contributed by atoms with van der Waals surface area (Å²) in [5.74, 6) is 1.55. The van der Waals surface area contributed by atoms with E-state index in [1.54, 1.807) is 0 Å². The third-order valence-corrected chi connectivity index (χ3v) is 14.8. The second kappa shape index (κ2) is 14.8. The van der Waals surface area contributed by atoms with E-state index in [2.05, 4.69) is 175 Å². The Morgan fingerprint density at radius 3 is 2.14 bits per heavy atom. The molecule has 0 saturated heterocycles. The fourth-order valence-corrected chi connectivity index (χ4v) is 11.6. The minimum Gasteiger partial charge on any atom is -0.508 e. The standard InChI is InChI=1S/C59H63N3O2.Pt/c1-32-22-34(3)50(35(4)23-32)38-26-39(54-61-58(15)20-19-42-37(6)51(56(10,11)12)36(5)25-45(42)59(58,16)64-54)28-41(27-38)63-49-31-48-46(24-33(49)2)57(13,14)47-30-40(55(7,8)9)29-44-43-18-17-21-60-53(43)62(48)52(44)47;/h17-18,21-27,29-30H,19-20H2,1-16H3;/q-2;+2/t58-,59+;/m1./s1/i19D2;. The van der Waals surface area contributed by atoms with Gasteiger partial charge in [-0.2, -0.15) is 6.07 Å². The molecule has 65 heavy (non-hydrogen) atoms. The minimum absolute atomic E-state index is 0. The molecule has 7 aromatic rings. The van der Waals surface area contributed by atoms with E-state index in [-0.39, 0.29) is 43.7 Å². The van der Waals surface area contributed by atoms with Gasteiger partial charge in [-0.15, -0.1) is 23.3 Å². The van der Waals surface area contributed by atoms with Crippen molar-refractivity contribution in [2.24, 2.45) is 4.99 Å². The number of benzene rings is 5. The number of hydrogen-bond donors (Lipinski definition) is 0. The van der Waals surface area contributed by atoms with Crippen LogP contribution in [0.2, 0.25) is 0 Å². The van der Waals surface area contributed by atoms with E-state index in [1.165, 1.54) is 27.6 Å². The van der Waals surface area contributed by atoms with Crippen LogP contribution in [0.4, 0.5) is 0 Å². The maximum atomic E-state index is 9.58. The summed E-state index contributed by atoms with van der Waals surface area (Å²) in [5, 5.41) is 2.31. The van der Waals surface area contributed by atoms with Crippen molar-refractivity contribution in [3.05, 3.63) is 151 Å². The fourth-order valence-electron chi connectivity index (χ4n) is 11.6. The Hall–Kier alpha value is -4.99. The van der Waals surface area contributed by atoms with Crippen molar-refractivity contribution in [3.63, 3.8) is 0 Å². The number of ether oxygens (including phenoxy) is 2. The number of aryl methyl sites for hydroxylation is 5. The molecule has 0 bridgehead atoms. The van der Waals surface area contributed by atoms with Crippen LogP contribution >= 0.6 is 0 Å². The summed E-state index contributed by atoms with van der Waals surface area (Å²) in [6, 6.07) is 29.5. The Bertz CT molecular complexity index is 3280. The molecular weight excluding hydrogens is 978 g/mol. The Balaban J connectivity index is 0.00000562. The molecular formula is C59H63N3O2Pt. The molecule has 10 rings (SSSR count). The van der Waals surface area contributed by atoms with Gasteiger partial charge in [-0.3, -0.25) is 4.99 Å². The molecule has 2 aliphatic heterocycles. The Kier molecular flexibility index (Phi) is 9.68. The SMILES string of the molecule is [2H]C1([2H])C[C@@]2(C)N=C(c3[c-]c(Oc4[c-]c5c(cc4C)C(C)(C)c4cc(C(C)(C)C)cc6c7cccnc7n-5c46)cc(-c4c(C)cc(C)cc4C)c3)O[C@@]2(C)c2cc(C)c(C(C)(C)C)c(C)c21.[Pt+2]. The summed E-state index contributed by atoms with van der Waals surface area (Å²) in [4.78, 5) is 10.4. The largest absolute Gasteiger partial charge is 2.00 e. The summed E-state index contributed by atoms with van der Waals surface area (Å²) in [5.41, 5.74) is 16.5. The first-order chi connectivity index (χ1) is 30.6. The smallest absolute Gasteiger partial charge is 0.508 e. The van der Waals surface area contributed by atoms with Crippen LogP contribution in [0.5, 0.6) is 11.5 Å². The van der Waals surface area contributed by atoms with Gasteiger partial charge in [0.2, 0.25) is 0 Å². The molecule has 6 heteroatoms. The molecule has 2 atom stereocenters. The number of pyridine rings is 1. The molecule has 0 unspecified atom stereocenters. The predicted octanol–water partition coefficient (Wildman–Crippen LogP) is 14.7. The van der Waals surface area contributed by atoms with Crippen molar-refractivity contribution >= 4 is 27.8 Å². The van der Waals surface area contributed by atoms with Crippen LogP contribution in [0.1, 0.15) is 151 Å². The number of aliphatic imine (C=N–C) groups is 1. The first-order valence-corrected chi connectivity index (χ1v) is 22.9. The molecule has 0 spiro atoms. The van der Waals surface area contributed by atoms with Crippen LogP contribution in [-0.2, 0) is 54.0 Å². The third-order valence-electron chi connectivity index (χ3n) is 14.8. The molecule has 4 heterocycles. The second-order valence-electron chi connectivity index (χ2n) is 22.1. The summed E-state index contributed by atoms with van der Waals surface area (Å²) < 4.78 is 35.7. The van der Waals surface area contributed by atoms with Crippen LogP contribution in [-0.4, -0.2) is 21.0 Å². The van der Waals surface area contributed by atoms with Crippen molar-refractivity contribution in [2.75, 3.05) is 0 Å². The summed E-state index contributed by atoms with van der Waals surface area (Å²) in [6.07, 6.45) is 0.422. The average Bonchev–Trinajstić information content (AvgIpc) is 3.67. The van der Waals surface area contributed by atoms with E-state index >= 15 is 0 Å². The third kappa shape index (κ3) is 6.71. The first kappa shape index (κ1) is 42.6. The molecule has 0 N–H and O–H groups in total. The second-order valence-corrected chi connectivity index (χ2v) is 22.1. The van der Waals surface area contributed by atoms with Crippen molar-refractivity contribution in [1.82, 2.24) is 9.55 Å². The van der Waals surface area contributed by atoms with E-state index in [1.807, 2.05) is 19.2 Å². The molecule has 0 saturated carbocycles. The van der Waals surface area contributed by atoms with Crippen molar-refractivity contribution in [2.45, 2.75) is 151 Å². The maximum Gasteiger partial charge on any atom is 2.00 e. The number of hydrogen-bond acceptors (Lipinski definition) is 4. The molecule has 5 nitrogen and oxygen atoms in total. The van der Waals surface area contributed by atoms with Gasteiger partial charge in [0.1, 0.15) is 17.1 Å². The van der Waals surface area contributed by atoms with Gasteiger partial charge in [0, 0.05) is 36.8 Å². The monoisotopic (exact) mass is 1040 g/mol. The van der Waals surface area contributed by atoms with Crippen molar-refractivity contribution < 1.29 is 33.3 Å². The fraction of sp³-hybridized carbons (Fsp3) is 0.390. The van der Waals surface area contributed by atoms with Crippen LogP contribution in [0, 0.1) is 53.7 Å². The van der Waals surface area contributed by atoms with Gasteiger partial charge in [0.25, 0.3) is 0 Å². The molecule has 0 radical (unpaired) electrons. The van der Waals surface area contributed by atoms with E-state index in [0.29, 0.717) is 23.0 Å². The summed E-state index contributed by atoms with van der Waals surface area (Å²) in [7, 11) is 0. The number of nitrogens with zero attached hydrogens (tertiary/aromatic N) is 3. The van der Waals surface area contributed by atoms with Crippen LogP contribution in [0.25, 0.3) is 38.8 Å². The van der Waals surface area contributed by atoms with Crippen LogP contribution in [0.3, 0.4) is 0 Å². The Morgan fingerprint density at radius 2 is 1.46 bits per heavy atom. The van der Waals surface area contributed by atoms with Crippen molar-refractivity contribution in [1.29, 1.82) is 0 Å². The molecule has 3 aliphatic rings. The van der Waals surface area contributed by atoms with Gasteiger partial charge in [-0.25, -0.2) is 4.98 Å². The average molecular weight is 1040 g/mol.